The number of allylic oxidation sites excluding steroid dienone is 1. The van der Waals surface area contributed by atoms with Gasteiger partial charge in [-0.1, -0.05) is 13.0 Å². The number of benzene rings is 1. The van der Waals surface area contributed by atoms with Crippen LogP contribution in [0.15, 0.2) is 34.8 Å². The van der Waals surface area contributed by atoms with Crippen LogP contribution in [-0.4, -0.2) is 34.0 Å². The predicted molar refractivity (Wildman–Crippen MR) is 117 cm³/mol. The Balaban J connectivity index is 1.82. The van der Waals surface area contributed by atoms with Crippen LogP contribution >= 0.6 is 0 Å². The number of hydrogen-bond donors (Lipinski definition) is 2. The van der Waals surface area contributed by atoms with Crippen molar-refractivity contribution < 1.29 is 18.0 Å². The number of rotatable bonds is 6. The largest absolute Gasteiger partial charge is 0.416 e. The fourth-order valence-electron chi connectivity index (χ4n) is 3.57. The first-order valence-corrected chi connectivity index (χ1v) is 10.1. The van der Waals surface area contributed by atoms with E-state index in [2.05, 4.69) is 20.3 Å². The molecule has 1 amide bonds. The maximum Gasteiger partial charge on any atom is 0.416 e. The van der Waals surface area contributed by atoms with Gasteiger partial charge in [0, 0.05) is 31.1 Å². The van der Waals surface area contributed by atoms with E-state index in [1.807, 2.05) is 13.0 Å². The van der Waals surface area contributed by atoms with Crippen molar-refractivity contribution in [2.75, 3.05) is 18.1 Å². The molecule has 1 aromatic carbocycles. The number of nitrogen functional groups attached to an aromatic ring is 1. The second-order valence-corrected chi connectivity index (χ2v) is 7.48. The number of carbonyl (C=O) groups excluding carboxylic acids is 1. The van der Waals surface area contributed by atoms with Gasteiger partial charge in [0.15, 0.2) is 0 Å². The molecule has 0 bridgehead atoms. The first-order chi connectivity index (χ1) is 15.1. The van der Waals surface area contributed by atoms with Gasteiger partial charge in [-0.25, -0.2) is 9.97 Å². The fraction of sp³-hybridized carbons (Fsp3) is 0.364. The summed E-state index contributed by atoms with van der Waals surface area (Å²) in [4.78, 5) is 27.4. The number of halogens is 3. The summed E-state index contributed by atoms with van der Waals surface area (Å²) >= 11 is 0. The van der Waals surface area contributed by atoms with Gasteiger partial charge in [-0.2, -0.15) is 13.2 Å². The number of fused-ring (bicyclic) bond motifs is 1. The smallest absolute Gasteiger partial charge is 0.399 e. The third kappa shape index (κ3) is 5.24. The molecule has 0 fully saturated rings. The number of amides is 1. The number of aryl methyl sites for hydroxylation is 1. The normalized spacial score (nSPS) is 14.2. The Labute approximate surface area is 184 Å². The molecule has 0 atom stereocenters. The molecule has 3 rings (SSSR count). The van der Waals surface area contributed by atoms with Crippen molar-refractivity contribution in [2.24, 2.45) is 4.99 Å². The summed E-state index contributed by atoms with van der Waals surface area (Å²) in [6.45, 7) is 4.37. The minimum absolute atomic E-state index is 0.0327. The molecule has 3 N–H and O–H groups in total. The first kappa shape index (κ1) is 23.2. The zero-order chi connectivity index (χ0) is 23.5. The van der Waals surface area contributed by atoms with E-state index in [9.17, 15) is 18.0 Å². The molecular weight excluding hydrogens is 421 g/mol. The zero-order valence-corrected chi connectivity index (χ0v) is 18.1. The SMILES string of the molecule is CC/C=C(\C=NC)C(=O)N1Cc2nc(C)nc(NCc3cc(N)cc(C(F)(F)F)c3)c2C1. The van der Waals surface area contributed by atoms with Gasteiger partial charge in [0.1, 0.15) is 11.6 Å². The molecule has 170 valence electrons. The van der Waals surface area contributed by atoms with Crippen molar-refractivity contribution in [1.82, 2.24) is 14.9 Å². The molecule has 0 saturated carbocycles. The molecule has 1 aliphatic heterocycles. The van der Waals surface area contributed by atoms with E-state index < -0.39 is 11.7 Å². The molecule has 10 heteroatoms. The Morgan fingerprint density at radius 2 is 2.03 bits per heavy atom. The lowest BCUT2D eigenvalue weighted by molar-refractivity contribution is -0.137. The summed E-state index contributed by atoms with van der Waals surface area (Å²) in [6, 6.07) is 3.44. The van der Waals surface area contributed by atoms with Gasteiger partial charge < -0.3 is 16.0 Å². The Bertz CT molecular complexity index is 1080. The van der Waals surface area contributed by atoms with Crippen LogP contribution in [0.25, 0.3) is 0 Å². The van der Waals surface area contributed by atoms with E-state index >= 15 is 0 Å². The van der Waals surface area contributed by atoms with Crippen LogP contribution in [0.1, 0.15) is 41.6 Å². The molecule has 7 nitrogen and oxygen atoms in total. The Morgan fingerprint density at radius 3 is 2.69 bits per heavy atom. The van der Waals surface area contributed by atoms with E-state index in [1.54, 1.807) is 18.9 Å². The number of aliphatic imine (C=N–C) groups is 1. The highest BCUT2D eigenvalue weighted by molar-refractivity contribution is 6.12. The summed E-state index contributed by atoms with van der Waals surface area (Å²) in [5.74, 6) is 0.831. The van der Waals surface area contributed by atoms with Crippen LogP contribution in [0.4, 0.5) is 24.7 Å². The van der Waals surface area contributed by atoms with Crippen LogP contribution in [-0.2, 0) is 30.6 Å². The summed E-state index contributed by atoms with van der Waals surface area (Å²) in [5, 5.41) is 3.09. The van der Waals surface area contributed by atoms with Crippen molar-refractivity contribution in [3.8, 4) is 0 Å². The standard InChI is InChI=1S/C22H25F3N6O/c1-4-5-15(10-27-3)21(32)31-11-18-19(12-31)29-13(2)30-20(18)28-9-14-6-16(22(23,24)25)8-17(26)7-14/h5-8,10H,4,9,11-12,26H2,1-3H3,(H,28,29,30)/b15-5+,27-10?. The van der Waals surface area contributed by atoms with Gasteiger partial charge in [-0.3, -0.25) is 9.79 Å². The lowest BCUT2D eigenvalue weighted by Gasteiger charge is -2.16. The van der Waals surface area contributed by atoms with Crippen LogP contribution in [0, 0.1) is 6.92 Å². The van der Waals surface area contributed by atoms with Crippen LogP contribution in [0.5, 0.6) is 0 Å². The summed E-state index contributed by atoms with van der Waals surface area (Å²) in [5.41, 5.74) is 7.21. The van der Waals surface area contributed by atoms with Crippen LogP contribution < -0.4 is 11.1 Å². The van der Waals surface area contributed by atoms with E-state index in [4.69, 9.17) is 5.73 Å². The maximum absolute atomic E-state index is 13.1. The van der Waals surface area contributed by atoms with Gasteiger partial charge in [-0.05, 0) is 37.1 Å². The Morgan fingerprint density at radius 1 is 1.28 bits per heavy atom. The van der Waals surface area contributed by atoms with Crippen molar-refractivity contribution in [2.45, 2.75) is 46.1 Å². The predicted octanol–water partition coefficient (Wildman–Crippen LogP) is 3.88. The second kappa shape index (κ2) is 9.37. The van der Waals surface area contributed by atoms with E-state index in [0.29, 0.717) is 48.0 Å². The minimum atomic E-state index is -4.48. The van der Waals surface area contributed by atoms with Crippen molar-refractivity contribution in [3.05, 3.63) is 58.1 Å². The highest BCUT2D eigenvalue weighted by Crippen LogP contribution is 2.32. The quantitative estimate of drug-likeness (QED) is 0.399. The second-order valence-electron chi connectivity index (χ2n) is 7.48. The van der Waals surface area contributed by atoms with E-state index in [1.165, 1.54) is 12.3 Å². The molecule has 2 aromatic rings. The number of hydrogen-bond acceptors (Lipinski definition) is 6. The fourth-order valence-corrected chi connectivity index (χ4v) is 3.57. The number of anilines is 2. The number of aromatic nitrogens is 2. The molecule has 0 saturated heterocycles. The summed E-state index contributed by atoms with van der Waals surface area (Å²) < 4.78 is 39.3. The molecule has 0 unspecified atom stereocenters. The molecule has 2 heterocycles. The van der Waals surface area contributed by atoms with Crippen molar-refractivity contribution >= 4 is 23.6 Å². The number of nitrogens with one attached hydrogen (secondary N) is 1. The molecule has 0 aliphatic carbocycles. The van der Waals surface area contributed by atoms with Crippen LogP contribution in [0.3, 0.4) is 0 Å². The Hall–Kier alpha value is -3.43. The van der Waals surface area contributed by atoms with Gasteiger partial charge in [-0.15, -0.1) is 0 Å². The summed E-state index contributed by atoms with van der Waals surface area (Å²) in [7, 11) is 1.60. The molecule has 32 heavy (non-hydrogen) atoms. The third-order valence-electron chi connectivity index (χ3n) is 4.92. The van der Waals surface area contributed by atoms with E-state index in [-0.39, 0.29) is 18.1 Å². The number of nitrogens with zero attached hydrogens (tertiary/aromatic N) is 4. The number of nitrogens with two attached hydrogens (primary N) is 1. The zero-order valence-electron chi connectivity index (χ0n) is 18.1. The van der Waals surface area contributed by atoms with Crippen molar-refractivity contribution in [1.29, 1.82) is 0 Å². The number of alkyl halides is 3. The number of carbonyl (C=O) groups is 1. The molecule has 1 aliphatic rings. The molecule has 1 aromatic heterocycles. The summed E-state index contributed by atoms with van der Waals surface area (Å²) in [6.07, 6.45) is -0.446. The first-order valence-electron chi connectivity index (χ1n) is 10.1. The topological polar surface area (TPSA) is 96.5 Å². The highest BCUT2D eigenvalue weighted by Gasteiger charge is 2.31. The lowest BCUT2D eigenvalue weighted by Crippen LogP contribution is -2.27. The van der Waals surface area contributed by atoms with E-state index in [0.717, 1.165) is 17.7 Å². The Kier molecular flexibility index (Phi) is 6.81. The lowest BCUT2D eigenvalue weighted by atomic mass is 10.1. The highest BCUT2D eigenvalue weighted by atomic mass is 19.4. The van der Waals surface area contributed by atoms with Crippen LogP contribution in [0.2, 0.25) is 0 Å². The average Bonchev–Trinajstić information content (AvgIpc) is 3.14. The third-order valence-corrected chi connectivity index (χ3v) is 4.92. The van der Waals surface area contributed by atoms with Gasteiger partial charge in [0.2, 0.25) is 0 Å². The van der Waals surface area contributed by atoms with Gasteiger partial charge in [0.05, 0.1) is 29.9 Å². The molecule has 0 radical (unpaired) electrons. The van der Waals surface area contributed by atoms with Gasteiger partial charge in [0.25, 0.3) is 5.91 Å². The maximum atomic E-state index is 13.1. The molecule has 0 spiro atoms. The minimum Gasteiger partial charge on any atom is -0.399 e. The monoisotopic (exact) mass is 446 g/mol. The van der Waals surface area contributed by atoms with Gasteiger partial charge >= 0.3 is 6.18 Å². The van der Waals surface area contributed by atoms with Crippen molar-refractivity contribution in [3.63, 3.8) is 0 Å². The molecular formula is C22H25F3N6O. The average molecular weight is 446 g/mol.